The second kappa shape index (κ2) is 5.83. The van der Waals surface area contributed by atoms with E-state index < -0.39 is 17.4 Å². The Kier molecular flexibility index (Phi) is 4.71. The fraction of sp³-hybridized carbons (Fsp3) is 0.500. The van der Waals surface area contributed by atoms with Crippen LogP contribution in [0.25, 0.3) is 0 Å². The molecule has 0 saturated carbocycles. The monoisotopic (exact) mass is 250 g/mol. The first-order valence-corrected chi connectivity index (χ1v) is 5.01. The third-order valence-electron chi connectivity index (χ3n) is 2.06. The van der Waals surface area contributed by atoms with Crippen molar-refractivity contribution in [1.82, 2.24) is 4.57 Å². The van der Waals surface area contributed by atoms with E-state index in [-0.39, 0.29) is 26.3 Å². The maximum absolute atomic E-state index is 12.6. The molecule has 7 heteroatoms. The van der Waals surface area contributed by atoms with Crippen LogP contribution >= 0.6 is 0 Å². The molecule has 1 aromatic heterocycles. The molecule has 1 aromatic rings. The van der Waals surface area contributed by atoms with Crippen molar-refractivity contribution in [3.05, 3.63) is 34.2 Å². The zero-order valence-electron chi connectivity index (χ0n) is 9.04. The van der Waals surface area contributed by atoms with Gasteiger partial charge in [-0.25, -0.2) is 0 Å². The lowest BCUT2D eigenvalue weighted by Crippen LogP contribution is -2.29. The molecule has 1 rings (SSSR count). The SMILES string of the molecule is NCCOCCn1c(C(F)(F)F)cccc1=O. The summed E-state index contributed by atoms with van der Waals surface area (Å²) in [7, 11) is 0. The van der Waals surface area contributed by atoms with E-state index in [4.69, 9.17) is 10.5 Å². The summed E-state index contributed by atoms with van der Waals surface area (Å²) in [6, 6.07) is 3.03. The fourth-order valence-electron chi connectivity index (χ4n) is 1.34. The first-order chi connectivity index (χ1) is 7.96. The number of pyridine rings is 1. The number of nitrogens with zero attached hydrogens (tertiary/aromatic N) is 1. The number of aromatic nitrogens is 1. The van der Waals surface area contributed by atoms with Gasteiger partial charge in [-0.2, -0.15) is 13.2 Å². The van der Waals surface area contributed by atoms with Crippen LogP contribution in [0.5, 0.6) is 0 Å². The molecule has 0 aliphatic rings. The van der Waals surface area contributed by atoms with E-state index in [1.165, 1.54) is 0 Å². The van der Waals surface area contributed by atoms with E-state index >= 15 is 0 Å². The van der Waals surface area contributed by atoms with Crippen molar-refractivity contribution >= 4 is 0 Å². The molecule has 0 radical (unpaired) electrons. The molecule has 4 nitrogen and oxygen atoms in total. The molecule has 0 amide bonds. The third kappa shape index (κ3) is 3.86. The minimum Gasteiger partial charge on any atom is -0.378 e. The lowest BCUT2D eigenvalue weighted by atomic mass is 10.3. The van der Waals surface area contributed by atoms with Gasteiger partial charge in [0.05, 0.1) is 13.2 Å². The zero-order valence-corrected chi connectivity index (χ0v) is 9.04. The van der Waals surface area contributed by atoms with Crippen LogP contribution in [0.1, 0.15) is 5.69 Å². The number of hydrogen-bond acceptors (Lipinski definition) is 3. The Balaban J connectivity index is 2.86. The summed E-state index contributed by atoms with van der Waals surface area (Å²) in [4.78, 5) is 11.3. The largest absolute Gasteiger partial charge is 0.431 e. The van der Waals surface area contributed by atoms with Crippen LogP contribution in [0.3, 0.4) is 0 Å². The van der Waals surface area contributed by atoms with Gasteiger partial charge in [0.2, 0.25) is 0 Å². The van der Waals surface area contributed by atoms with Crippen LogP contribution in [0.4, 0.5) is 13.2 Å². The summed E-state index contributed by atoms with van der Waals surface area (Å²) in [6.45, 7) is 0.414. The molecule has 1 heterocycles. The Labute approximate surface area is 95.8 Å². The molecule has 0 atom stereocenters. The molecule has 0 bridgehead atoms. The van der Waals surface area contributed by atoms with Crippen molar-refractivity contribution < 1.29 is 17.9 Å². The standard InChI is InChI=1S/C10H13F3N2O2/c11-10(12,13)8-2-1-3-9(16)15(8)5-7-17-6-4-14/h1-3H,4-7,14H2. The highest BCUT2D eigenvalue weighted by Gasteiger charge is 2.33. The van der Waals surface area contributed by atoms with Crippen molar-refractivity contribution in [3.8, 4) is 0 Å². The maximum atomic E-state index is 12.6. The van der Waals surface area contributed by atoms with Crippen LogP contribution in [0.2, 0.25) is 0 Å². The van der Waals surface area contributed by atoms with Crippen LogP contribution in [-0.2, 0) is 17.5 Å². The average Bonchev–Trinajstić information content (AvgIpc) is 2.24. The van der Waals surface area contributed by atoms with Gasteiger partial charge in [-0.3, -0.25) is 4.79 Å². The van der Waals surface area contributed by atoms with E-state index in [0.29, 0.717) is 4.57 Å². The molecule has 0 spiro atoms. The van der Waals surface area contributed by atoms with Crippen molar-refractivity contribution in [2.75, 3.05) is 19.8 Å². The van der Waals surface area contributed by atoms with E-state index in [1.54, 1.807) is 0 Å². The molecular weight excluding hydrogens is 237 g/mol. The number of hydrogen-bond donors (Lipinski definition) is 1. The van der Waals surface area contributed by atoms with Crippen LogP contribution < -0.4 is 11.3 Å². The third-order valence-corrected chi connectivity index (χ3v) is 2.06. The summed E-state index contributed by atoms with van der Waals surface area (Å²) in [5, 5.41) is 0. The molecule has 0 aliphatic carbocycles. The molecule has 0 saturated heterocycles. The first-order valence-electron chi connectivity index (χ1n) is 5.01. The lowest BCUT2D eigenvalue weighted by molar-refractivity contribution is -0.144. The van der Waals surface area contributed by atoms with E-state index in [1.807, 2.05) is 0 Å². The predicted molar refractivity (Wildman–Crippen MR) is 55.6 cm³/mol. The highest BCUT2D eigenvalue weighted by Crippen LogP contribution is 2.27. The fourth-order valence-corrected chi connectivity index (χ4v) is 1.34. The highest BCUT2D eigenvalue weighted by molar-refractivity contribution is 5.10. The van der Waals surface area contributed by atoms with Crippen molar-refractivity contribution in [2.45, 2.75) is 12.7 Å². The molecule has 0 aliphatic heterocycles. The van der Waals surface area contributed by atoms with Crippen LogP contribution in [0.15, 0.2) is 23.0 Å². The highest BCUT2D eigenvalue weighted by atomic mass is 19.4. The minimum atomic E-state index is -4.55. The maximum Gasteiger partial charge on any atom is 0.431 e. The van der Waals surface area contributed by atoms with Gasteiger partial charge < -0.3 is 15.0 Å². The van der Waals surface area contributed by atoms with Crippen molar-refractivity contribution in [1.29, 1.82) is 0 Å². The molecule has 96 valence electrons. The van der Waals surface area contributed by atoms with E-state index in [2.05, 4.69) is 0 Å². The molecule has 0 fully saturated rings. The smallest absolute Gasteiger partial charge is 0.378 e. The Bertz CT molecular complexity index is 415. The number of nitrogens with two attached hydrogens (primary N) is 1. The summed E-state index contributed by atoms with van der Waals surface area (Å²) in [5.74, 6) is 0. The first kappa shape index (κ1) is 13.7. The summed E-state index contributed by atoms with van der Waals surface area (Å²) < 4.78 is 43.4. The Morgan fingerprint density at radius 3 is 2.59 bits per heavy atom. The Morgan fingerprint density at radius 2 is 2.00 bits per heavy atom. The minimum absolute atomic E-state index is 0.0181. The summed E-state index contributed by atoms with van der Waals surface area (Å²) in [6.07, 6.45) is -4.55. The quantitative estimate of drug-likeness (QED) is 0.788. The second-order valence-corrected chi connectivity index (χ2v) is 3.30. The molecule has 2 N–H and O–H groups in total. The van der Waals surface area contributed by atoms with Gasteiger partial charge in [-0.1, -0.05) is 6.07 Å². The number of ether oxygens (including phenoxy) is 1. The average molecular weight is 250 g/mol. The van der Waals surface area contributed by atoms with Gasteiger partial charge >= 0.3 is 6.18 Å². The van der Waals surface area contributed by atoms with Gasteiger partial charge in [0, 0.05) is 19.2 Å². The number of alkyl halides is 3. The van der Waals surface area contributed by atoms with Gasteiger partial charge in [0.1, 0.15) is 5.69 Å². The van der Waals surface area contributed by atoms with Crippen molar-refractivity contribution in [2.24, 2.45) is 5.73 Å². The van der Waals surface area contributed by atoms with Gasteiger partial charge in [0.25, 0.3) is 5.56 Å². The number of halogens is 3. The Morgan fingerprint density at radius 1 is 1.29 bits per heavy atom. The predicted octanol–water partition coefficient (Wildman–Crippen LogP) is 0.842. The van der Waals surface area contributed by atoms with E-state index in [9.17, 15) is 18.0 Å². The molecule has 17 heavy (non-hydrogen) atoms. The van der Waals surface area contributed by atoms with Gasteiger partial charge in [-0.05, 0) is 6.07 Å². The topological polar surface area (TPSA) is 57.2 Å². The van der Waals surface area contributed by atoms with Gasteiger partial charge in [-0.15, -0.1) is 0 Å². The van der Waals surface area contributed by atoms with Crippen molar-refractivity contribution in [3.63, 3.8) is 0 Å². The summed E-state index contributed by atoms with van der Waals surface area (Å²) in [5.41, 5.74) is 3.49. The Hall–Kier alpha value is -1.34. The van der Waals surface area contributed by atoms with E-state index in [0.717, 1.165) is 18.2 Å². The number of rotatable bonds is 5. The zero-order chi connectivity index (χ0) is 12.9. The lowest BCUT2D eigenvalue weighted by Gasteiger charge is -2.14. The molecule has 0 unspecified atom stereocenters. The normalized spacial score (nSPS) is 11.8. The molecular formula is C10H13F3N2O2. The molecule has 0 aromatic carbocycles. The van der Waals surface area contributed by atoms with Crippen LogP contribution in [0, 0.1) is 0 Å². The second-order valence-electron chi connectivity index (χ2n) is 3.30. The summed E-state index contributed by atoms with van der Waals surface area (Å²) >= 11 is 0. The van der Waals surface area contributed by atoms with Crippen LogP contribution in [-0.4, -0.2) is 24.3 Å². The van der Waals surface area contributed by atoms with Gasteiger partial charge in [0.15, 0.2) is 0 Å².